The number of ether oxygens (including phenoxy) is 1. The summed E-state index contributed by atoms with van der Waals surface area (Å²) >= 11 is 0. The molecule has 246 valence electrons. The topological polar surface area (TPSA) is 89.9 Å². The highest BCUT2D eigenvalue weighted by Gasteiger charge is 2.49. The first-order valence-electron chi connectivity index (χ1n) is 17.6. The van der Waals surface area contributed by atoms with Crippen molar-refractivity contribution in [1.82, 2.24) is 0 Å². The maximum Gasteiger partial charge on any atom is 0.398 e. The summed E-state index contributed by atoms with van der Waals surface area (Å²) in [6.07, 6.45) is 29.1. The van der Waals surface area contributed by atoms with Gasteiger partial charge in [0.05, 0.1) is 6.61 Å². The van der Waals surface area contributed by atoms with Crippen LogP contribution in [0.25, 0.3) is 0 Å². The van der Waals surface area contributed by atoms with Gasteiger partial charge in [-0.05, 0) is 25.2 Å². The molecule has 7 heteroatoms. The normalized spacial score (nSPS) is 14.2. The predicted molar refractivity (Wildman–Crippen MR) is 173 cm³/mol. The Kier molecular flexibility index (Phi) is 26.5. The van der Waals surface area contributed by atoms with Gasteiger partial charge in [-0.15, -0.1) is 0 Å². The van der Waals surface area contributed by atoms with E-state index in [-0.39, 0.29) is 18.9 Å². The van der Waals surface area contributed by atoms with Crippen LogP contribution in [0.15, 0.2) is 0 Å². The molecule has 0 spiro atoms. The molecule has 0 fully saturated rings. The minimum absolute atomic E-state index is 0.221. The highest BCUT2D eigenvalue weighted by molar-refractivity contribution is 7.81. The highest BCUT2D eigenvalue weighted by atomic mass is 32.3. The van der Waals surface area contributed by atoms with Crippen LogP contribution in [0.5, 0.6) is 0 Å². The average Bonchev–Trinajstić information content (AvgIpc) is 2.93. The largest absolute Gasteiger partial charge is 0.464 e. The van der Waals surface area contributed by atoms with Crippen LogP contribution in [0.1, 0.15) is 195 Å². The molecule has 0 aliphatic heterocycles. The van der Waals surface area contributed by atoms with Crippen LogP contribution >= 0.6 is 0 Å². The maximum atomic E-state index is 13.3. The van der Waals surface area contributed by atoms with Gasteiger partial charge in [-0.25, -0.2) is 8.98 Å². The Bertz CT molecular complexity index is 695. The van der Waals surface area contributed by atoms with Gasteiger partial charge in [-0.1, -0.05) is 175 Å². The fourth-order valence-electron chi connectivity index (χ4n) is 5.74. The van der Waals surface area contributed by atoms with E-state index < -0.39 is 22.0 Å². The van der Waals surface area contributed by atoms with E-state index in [1.54, 1.807) is 0 Å². The summed E-state index contributed by atoms with van der Waals surface area (Å²) in [7, 11) is -4.81. The molecule has 0 amide bonds. The molecule has 0 saturated heterocycles. The summed E-state index contributed by atoms with van der Waals surface area (Å²) in [5.41, 5.74) is -1.67. The molecule has 0 rings (SSSR count). The zero-order valence-electron chi connectivity index (χ0n) is 27.6. The fraction of sp³-hybridized carbons (Fsp3) is 0.971. The van der Waals surface area contributed by atoms with Gasteiger partial charge in [0.15, 0.2) is 5.60 Å². The van der Waals surface area contributed by atoms with Gasteiger partial charge in [-0.3, -0.25) is 4.55 Å². The third kappa shape index (κ3) is 22.5. The Hall–Kier alpha value is -0.660. The molecular weight excluding hydrogens is 536 g/mol. The lowest BCUT2D eigenvalue weighted by Crippen LogP contribution is -2.50. The monoisotopic (exact) mass is 604 g/mol. The minimum atomic E-state index is -4.81. The van der Waals surface area contributed by atoms with Crippen LogP contribution in [0, 0.1) is 5.92 Å². The van der Waals surface area contributed by atoms with Crippen molar-refractivity contribution in [3.8, 4) is 0 Å². The molecule has 0 aliphatic rings. The molecule has 0 radical (unpaired) electrons. The summed E-state index contributed by atoms with van der Waals surface area (Å²) in [5.74, 6) is -1.02. The molecule has 6 nitrogen and oxygen atoms in total. The lowest BCUT2D eigenvalue weighted by Gasteiger charge is -2.35. The van der Waals surface area contributed by atoms with E-state index in [9.17, 15) is 17.8 Å². The van der Waals surface area contributed by atoms with E-state index in [2.05, 4.69) is 13.8 Å². The van der Waals surface area contributed by atoms with Gasteiger partial charge in [0, 0.05) is 0 Å². The van der Waals surface area contributed by atoms with Crippen molar-refractivity contribution in [1.29, 1.82) is 0 Å². The molecule has 0 aliphatic carbocycles. The molecule has 2 atom stereocenters. The van der Waals surface area contributed by atoms with Gasteiger partial charge in [0.1, 0.15) is 0 Å². The smallest absolute Gasteiger partial charge is 0.398 e. The minimum Gasteiger partial charge on any atom is -0.464 e. The first-order valence-corrected chi connectivity index (χ1v) is 18.9. The van der Waals surface area contributed by atoms with Crippen LogP contribution in [0.2, 0.25) is 0 Å². The molecule has 0 heterocycles. The summed E-state index contributed by atoms with van der Waals surface area (Å²) in [6, 6.07) is 0. The summed E-state index contributed by atoms with van der Waals surface area (Å²) in [6.45, 7) is 8.57. The Morgan fingerprint density at radius 1 is 0.610 bits per heavy atom. The third-order valence-corrected chi connectivity index (χ3v) is 9.03. The Morgan fingerprint density at radius 2 is 0.976 bits per heavy atom. The molecule has 0 aromatic carbocycles. The second-order valence-electron chi connectivity index (χ2n) is 12.4. The van der Waals surface area contributed by atoms with E-state index in [1.165, 1.54) is 103 Å². The summed E-state index contributed by atoms with van der Waals surface area (Å²) in [5, 5.41) is 0. The van der Waals surface area contributed by atoms with Crippen molar-refractivity contribution in [2.75, 3.05) is 6.61 Å². The quantitative estimate of drug-likeness (QED) is 0.0481. The second-order valence-corrected chi connectivity index (χ2v) is 13.4. The standard InChI is InChI=1S/C34H68O6S/c1-5-8-11-13-15-17-18-19-20-21-22-24-26-28-31-39-33(35)34(30-10-7-3,40-41(36,37)38)32(4)29-27-25-23-16-14-12-9-6-2/h32H,5-31H2,1-4H3,(H,36,37,38). The van der Waals surface area contributed by atoms with E-state index in [1.807, 2.05) is 13.8 Å². The number of unbranched alkanes of at least 4 members (excludes halogenated alkanes) is 21. The molecule has 0 bridgehead atoms. The molecular formula is C34H68O6S. The Balaban J connectivity index is 4.50. The molecule has 0 aromatic heterocycles. The average molecular weight is 605 g/mol. The van der Waals surface area contributed by atoms with Gasteiger partial charge < -0.3 is 4.74 Å². The molecule has 41 heavy (non-hydrogen) atoms. The van der Waals surface area contributed by atoms with Gasteiger partial charge in [0.2, 0.25) is 0 Å². The van der Waals surface area contributed by atoms with Crippen LogP contribution < -0.4 is 0 Å². The fourth-order valence-corrected chi connectivity index (χ4v) is 6.43. The molecule has 1 N–H and O–H groups in total. The zero-order valence-corrected chi connectivity index (χ0v) is 28.4. The van der Waals surface area contributed by atoms with Crippen molar-refractivity contribution in [3.05, 3.63) is 0 Å². The first kappa shape index (κ1) is 40.3. The second kappa shape index (κ2) is 26.9. The lowest BCUT2D eigenvalue weighted by atomic mass is 9.81. The van der Waals surface area contributed by atoms with Crippen LogP contribution in [0.4, 0.5) is 0 Å². The van der Waals surface area contributed by atoms with E-state index >= 15 is 0 Å². The van der Waals surface area contributed by atoms with E-state index in [0.717, 1.165) is 44.9 Å². The number of hydrogen-bond donors (Lipinski definition) is 1. The van der Waals surface area contributed by atoms with Crippen LogP contribution in [-0.2, 0) is 24.1 Å². The van der Waals surface area contributed by atoms with Crippen LogP contribution in [-0.4, -0.2) is 31.1 Å². The maximum absolute atomic E-state index is 13.3. The van der Waals surface area contributed by atoms with Crippen molar-refractivity contribution >= 4 is 16.4 Å². The highest BCUT2D eigenvalue weighted by Crippen LogP contribution is 2.35. The predicted octanol–water partition coefficient (Wildman–Crippen LogP) is 10.9. The Morgan fingerprint density at radius 3 is 1.37 bits per heavy atom. The van der Waals surface area contributed by atoms with Crippen LogP contribution in [0.3, 0.4) is 0 Å². The molecule has 2 unspecified atom stereocenters. The van der Waals surface area contributed by atoms with Gasteiger partial charge >= 0.3 is 16.4 Å². The SMILES string of the molecule is CCCCCCCCCCCCCCCCOC(=O)C(CCCC)(OS(=O)(=O)O)C(C)CCCCCCCCCC. The van der Waals surface area contributed by atoms with Gasteiger partial charge in [0.25, 0.3) is 0 Å². The van der Waals surface area contributed by atoms with E-state index in [0.29, 0.717) is 12.8 Å². The summed E-state index contributed by atoms with van der Waals surface area (Å²) < 4.78 is 44.1. The number of carbonyl (C=O) groups excluding carboxylic acids is 1. The third-order valence-electron chi connectivity index (χ3n) is 8.52. The number of carbonyl (C=O) groups is 1. The van der Waals surface area contributed by atoms with Crippen molar-refractivity contribution in [2.45, 2.75) is 200 Å². The first-order chi connectivity index (χ1) is 19.7. The van der Waals surface area contributed by atoms with Crippen molar-refractivity contribution < 1.29 is 26.7 Å². The number of esters is 1. The molecule has 0 aromatic rings. The number of hydrogen-bond acceptors (Lipinski definition) is 5. The lowest BCUT2D eigenvalue weighted by molar-refractivity contribution is -0.169. The van der Waals surface area contributed by atoms with Crippen molar-refractivity contribution in [3.63, 3.8) is 0 Å². The van der Waals surface area contributed by atoms with Gasteiger partial charge in [-0.2, -0.15) is 8.42 Å². The Labute approximate surface area is 255 Å². The van der Waals surface area contributed by atoms with E-state index in [4.69, 9.17) is 8.92 Å². The number of rotatable bonds is 31. The zero-order chi connectivity index (χ0) is 30.7. The molecule has 0 saturated carbocycles. The van der Waals surface area contributed by atoms with Crippen molar-refractivity contribution in [2.24, 2.45) is 5.92 Å². The summed E-state index contributed by atoms with van der Waals surface area (Å²) in [4.78, 5) is 13.3.